The fraction of sp³-hybridized carbons (Fsp3) is 0.0909. The van der Waals surface area contributed by atoms with E-state index in [0.717, 1.165) is 5.39 Å². The highest BCUT2D eigenvalue weighted by Gasteiger charge is 2.06. The van der Waals surface area contributed by atoms with Crippen LogP contribution in [0.3, 0.4) is 0 Å². The van der Waals surface area contributed by atoms with E-state index in [0.29, 0.717) is 5.39 Å². The fourth-order valence-electron chi connectivity index (χ4n) is 1.39. The van der Waals surface area contributed by atoms with Gasteiger partial charge in [-0.05, 0) is 29.0 Å². The van der Waals surface area contributed by atoms with E-state index < -0.39 is 6.43 Å². The number of halogens is 2. The fourth-order valence-corrected chi connectivity index (χ4v) is 1.39. The van der Waals surface area contributed by atoms with Crippen molar-refractivity contribution in [2.24, 2.45) is 0 Å². The molecular formula is C11H8F2O. The number of hydrogen-bond donors (Lipinski definition) is 1. The first-order valence-corrected chi connectivity index (χ1v) is 4.17. The topological polar surface area (TPSA) is 20.2 Å². The molecule has 0 saturated heterocycles. The minimum Gasteiger partial charge on any atom is -0.508 e. The molecule has 14 heavy (non-hydrogen) atoms. The molecule has 0 radical (unpaired) electrons. The van der Waals surface area contributed by atoms with Gasteiger partial charge in [0.1, 0.15) is 5.75 Å². The highest BCUT2D eigenvalue weighted by atomic mass is 19.3. The van der Waals surface area contributed by atoms with Gasteiger partial charge in [-0.25, -0.2) is 8.78 Å². The lowest BCUT2D eigenvalue weighted by atomic mass is 10.1. The lowest BCUT2D eigenvalue weighted by Gasteiger charge is -2.02. The molecule has 2 aromatic rings. The summed E-state index contributed by atoms with van der Waals surface area (Å²) in [6.45, 7) is 0. The highest BCUT2D eigenvalue weighted by molar-refractivity contribution is 5.84. The van der Waals surface area contributed by atoms with Gasteiger partial charge in [0.05, 0.1) is 0 Å². The summed E-state index contributed by atoms with van der Waals surface area (Å²) in [7, 11) is 0. The molecule has 0 aliphatic rings. The predicted octanol–water partition coefficient (Wildman–Crippen LogP) is 3.48. The van der Waals surface area contributed by atoms with Crippen LogP contribution in [0.2, 0.25) is 0 Å². The van der Waals surface area contributed by atoms with E-state index in [2.05, 4.69) is 0 Å². The molecule has 0 aliphatic carbocycles. The smallest absolute Gasteiger partial charge is 0.263 e. The van der Waals surface area contributed by atoms with Gasteiger partial charge in [-0.2, -0.15) is 0 Å². The molecule has 0 unspecified atom stereocenters. The number of hydrogen-bond acceptors (Lipinski definition) is 1. The van der Waals surface area contributed by atoms with Gasteiger partial charge in [-0.3, -0.25) is 0 Å². The molecule has 1 nitrogen and oxygen atoms in total. The number of alkyl halides is 2. The van der Waals surface area contributed by atoms with Gasteiger partial charge < -0.3 is 5.11 Å². The average Bonchev–Trinajstić information content (AvgIpc) is 2.16. The third-order valence-corrected chi connectivity index (χ3v) is 2.10. The van der Waals surface area contributed by atoms with Crippen molar-refractivity contribution in [2.75, 3.05) is 0 Å². The molecular weight excluding hydrogens is 186 g/mol. The maximum Gasteiger partial charge on any atom is 0.263 e. The van der Waals surface area contributed by atoms with Crippen LogP contribution >= 0.6 is 0 Å². The third kappa shape index (κ3) is 1.53. The minimum atomic E-state index is -2.47. The second-order valence-corrected chi connectivity index (χ2v) is 3.09. The van der Waals surface area contributed by atoms with Crippen LogP contribution in [0.25, 0.3) is 10.8 Å². The number of benzene rings is 2. The zero-order chi connectivity index (χ0) is 10.1. The molecule has 0 amide bonds. The summed E-state index contributed by atoms with van der Waals surface area (Å²) in [5.41, 5.74) is -0.0249. The Kier molecular flexibility index (Phi) is 2.08. The average molecular weight is 194 g/mol. The van der Waals surface area contributed by atoms with Crippen LogP contribution in [0.15, 0.2) is 36.4 Å². The maximum absolute atomic E-state index is 12.3. The van der Waals surface area contributed by atoms with Crippen LogP contribution in [0.5, 0.6) is 5.75 Å². The summed E-state index contributed by atoms with van der Waals surface area (Å²) >= 11 is 0. The lowest BCUT2D eigenvalue weighted by molar-refractivity contribution is 0.151. The monoisotopic (exact) mass is 194 g/mol. The Bertz CT molecular complexity index is 466. The van der Waals surface area contributed by atoms with E-state index in [-0.39, 0.29) is 11.3 Å². The van der Waals surface area contributed by atoms with Crippen LogP contribution < -0.4 is 0 Å². The molecule has 0 bridgehead atoms. The first-order chi connectivity index (χ1) is 6.66. The van der Waals surface area contributed by atoms with E-state index in [1.54, 1.807) is 12.1 Å². The van der Waals surface area contributed by atoms with Gasteiger partial charge >= 0.3 is 0 Å². The summed E-state index contributed by atoms with van der Waals surface area (Å²) in [5, 5.41) is 10.6. The second-order valence-electron chi connectivity index (χ2n) is 3.09. The number of phenolic OH excluding ortho intramolecular Hbond substituents is 1. The van der Waals surface area contributed by atoms with E-state index in [4.69, 9.17) is 0 Å². The van der Waals surface area contributed by atoms with Crippen molar-refractivity contribution < 1.29 is 13.9 Å². The van der Waals surface area contributed by atoms with Crippen molar-refractivity contribution in [3.05, 3.63) is 42.0 Å². The zero-order valence-electron chi connectivity index (χ0n) is 7.24. The highest BCUT2D eigenvalue weighted by Crippen LogP contribution is 2.25. The molecule has 2 aromatic carbocycles. The summed E-state index contributed by atoms with van der Waals surface area (Å²) in [5.74, 6) is 0.0870. The summed E-state index contributed by atoms with van der Waals surface area (Å²) < 4.78 is 24.7. The largest absolute Gasteiger partial charge is 0.508 e. The molecule has 0 aliphatic heterocycles. The van der Waals surface area contributed by atoms with Gasteiger partial charge in [-0.1, -0.05) is 18.2 Å². The van der Waals surface area contributed by atoms with Crippen molar-refractivity contribution in [1.82, 2.24) is 0 Å². The quantitative estimate of drug-likeness (QED) is 0.736. The van der Waals surface area contributed by atoms with Crippen molar-refractivity contribution >= 4 is 10.8 Å². The van der Waals surface area contributed by atoms with Gasteiger partial charge in [-0.15, -0.1) is 0 Å². The Morgan fingerprint density at radius 2 is 1.64 bits per heavy atom. The number of rotatable bonds is 1. The Labute approximate surface area is 79.6 Å². The summed E-state index contributed by atoms with van der Waals surface area (Å²) in [6, 6.07) is 9.10. The molecule has 3 heteroatoms. The third-order valence-electron chi connectivity index (χ3n) is 2.10. The van der Waals surface area contributed by atoms with Crippen molar-refractivity contribution in [2.45, 2.75) is 6.43 Å². The Hall–Kier alpha value is -1.64. The van der Waals surface area contributed by atoms with Crippen molar-refractivity contribution in [3.63, 3.8) is 0 Å². The number of phenols is 1. The first-order valence-electron chi connectivity index (χ1n) is 4.17. The van der Waals surface area contributed by atoms with E-state index in [9.17, 15) is 13.9 Å². The SMILES string of the molecule is Oc1ccc2ccc(C(F)F)cc2c1. The molecule has 0 aromatic heterocycles. The minimum absolute atomic E-state index is 0.0249. The Morgan fingerprint density at radius 3 is 2.36 bits per heavy atom. The maximum atomic E-state index is 12.3. The zero-order valence-corrected chi connectivity index (χ0v) is 7.24. The molecule has 2 rings (SSSR count). The number of aromatic hydroxyl groups is 1. The summed E-state index contributed by atoms with van der Waals surface area (Å²) in [4.78, 5) is 0. The molecule has 1 N–H and O–H groups in total. The van der Waals surface area contributed by atoms with Gasteiger partial charge in [0.15, 0.2) is 0 Å². The van der Waals surface area contributed by atoms with Gasteiger partial charge in [0.25, 0.3) is 6.43 Å². The second kappa shape index (κ2) is 3.25. The molecule has 0 saturated carbocycles. The van der Waals surface area contributed by atoms with Crippen LogP contribution in [-0.4, -0.2) is 5.11 Å². The van der Waals surface area contributed by atoms with E-state index >= 15 is 0 Å². The van der Waals surface area contributed by atoms with Crippen LogP contribution in [0.4, 0.5) is 8.78 Å². The van der Waals surface area contributed by atoms with Crippen LogP contribution in [0, 0.1) is 0 Å². The van der Waals surface area contributed by atoms with Gasteiger partial charge in [0.2, 0.25) is 0 Å². The number of fused-ring (bicyclic) bond motifs is 1. The lowest BCUT2D eigenvalue weighted by Crippen LogP contribution is -1.83. The summed E-state index contributed by atoms with van der Waals surface area (Å²) in [6.07, 6.45) is -2.47. The normalized spacial score (nSPS) is 11.1. The van der Waals surface area contributed by atoms with Crippen molar-refractivity contribution in [3.8, 4) is 5.75 Å². The van der Waals surface area contributed by atoms with Gasteiger partial charge in [0, 0.05) is 5.56 Å². The van der Waals surface area contributed by atoms with Crippen molar-refractivity contribution in [1.29, 1.82) is 0 Å². The molecule has 0 spiro atoms. The standard InChI is InChI=1S/C11H8F2O/c12-11(13)8-2-1-7-3-4-10(14)6-9(7)5-8/h1-6,11,14H. The first kappa shape index (κ1) is 8.94. The Balaban J connectivity index is 2.63. The van der Waals surface area contributed by atoms with E-state index in [1.165, 1.54) is 24.3 Å². The molecule has 72 valence electrons. The predicted molar refractivity (Wildman–Crippen MR) is 50.6 cm³/mol. The molecule has 0 fully saturated rings. The Morgan fingerprint density at radius 1 is 0.929 bits per heavy atom. The van der Waals surface area contributed by atoms with Crippen LogP contribution in [-0.2, 0) is 0 Å². The van der Waals surface area contributed by atoms with E-state index in [1.807, 2.05) is 0 Å². The molecule has 0 atom stereocenters. The molecule has 0 heterocycles. The van der Waals surface area contributed by atoms with Crippen LogP contribution in [0.1, 0.15) is 12.0 Å².